The van der Waals surface area contributed by atoms with E-state index in [-0.39, 0.29) is 29.4 Å². The Morgan fingerprint density at radius 3 is 2.49 bits per heavy atom. The molecule has 12 heteroatoms. The third kappa shape index (κ3) is 6.53. The van der Waals surface area contributed by atoms with Crippen LogP contribution in [0.4, 0.5) is 22.0 Å². The molecule has 3 N–H and O–H groups in total. The molecule has 43 heavy (non-hydrogen) atoms. The fraction of sp³-hybridized carbons (Fsp3) is 0.161. The van der Waals surface area contributed by atoms with Gasteiger partial charge < -0.3 is 11.1 Å². The lowest BCUT2D eigenvalue weighted by Gasteiger charge is -2.21. The molecule has 0 fully saturated rings. The molecule has 3 aromatic carbocycles. The zero-order chi connectivity index (χ0) is 30.7. The van der Waals surface area contributed by atoms with Crippen molar-refractivity contribution in [1.29, 1.82) is 0 Å². The van der Waals surface area contributed by atoms with Crippen LogP contribution in [0.5, 0.6) is 0 Å². The first kappa shape index (κ1) is 29.4. The molecule has 7 nitrogen and oxygen atoms in total. The average molecular weight is 594 g/mol. The van der Waals surface area contributed by atoms with Gasteiger partial charge >= 0.3 is 6.18 Å². The number of nitrogens with zero attached hydrogens (tertiary/aromatic N) is 3. The van der Waals surface area contributed by atoms with Crippen LogP contribution in [0.1, 0.15) is 33.2 Å². The smallest absolute Gasteiger partial charge is 0.366 e. The van der Waals surface area contributed by atoms with Gasteiger partial charge in [0.05, 0.1) is 16.8 Å². The summed E-state index contributed by atoms with van der Waals surface area (Å²) in [6, 6.07) is 18.8. The maximum absolute atomic E-state index is 14.2. The van der Waals surface area contributed by atoms with E-state index in [1.165, 1.54) is 48.7 Å². The molecule has 0 radical (unpaired) electrons. The molecule has 0 aliphatic heterocycles. The molecule has 0 saturated heterocycles. The van der Waals surface area contributed by atoms with Gasteiger partial charge in [-0.05, 0) is 53.9 Å². The predicted octanol–water partition coefficient (Wildman–Crippen LogP) is 5.64. The van der Waals surface area contributed by atoms with Crippen molar-refractivity contribution in [2.75, 3.05) is 6.54 Å². The maximum atomic E-state index is 14.2. The van der Waals surface area contributed by atoms with E-state index in [1.807, 2.05) is 0 Å². The van der Waals surface area contributed by atoms with Crippen LogP contribution in [0, 0.1) is 11.6 Å². The van der Waals surface area contributed by atoms with Crippen molar-refractivity contribution < 1.29 is 31.5 Å². The Morgan fingerprint density at radius 1 is 0.953 bits per heavy atom. The highest BCUT2D eigenvalue weighted by Gasteiger charge is 2.37. The van der Waals surface area contributed by atoms with Crippen LogP contribution in [0.3, 0.4) is 0 Å². The van der Waals surface area contributed by atoms with Gasteiger partial charge in [0.25, 0.3) is 5.91 Å². The van der Waals surface area contributed by atoms with Crippen molar-refractivity contribution in [2.24, 2.45) is 5.73 Å². The number of carbonyl (C=O) groups is 2. The van der Waals surface area contributed by atoms with E-state index >= 15 is 0 Å². The van der Waals surface area contributed by atoms with Gasteiger partial charge in [-0.25, -0.2) is 8.78 Å². The summed E-state index contributed by atoms with van der Waals surface area (Å²) in [6.45, 7) is -0.521. The van der Waals surface area contributed by atoms with E-state index in [0.717, 1.165) is 10.7 Å². The predicted molar refractivity (Wildman–Crippen MR) is 149 cm³/mol. The Morgan fingerprint density at radius 2 is 1.74 bits per heavy atom. The Labute approximate surface area is 242 Å². The van der Waals surface area contributed by atoms with Crippen molar-refractivity contribution >= 4 is 22.7 Å². The normalized spacial score (nSPS) is 12.3. The van der Waals surface area contributed by atoms with Crippen molar-refractivity contribution in [3.05, 3.63) is 119 Å². The molecular weight excluding hydrogens is 569 g/mol. The summed E-state index contributed by atoms with van der Waals surface area (Å²) in [5.74, 6) is -3.37. The lowest BCUT2D eigenvalue weighted by atomic mass is 9.89. The average Bonchev–Trinajstić information content (AvgIpc) is 3.34. The number of nitrogens with one attached hydrogen (secondary N) is 1. The van der Waals surface area contributed by atoms with E-state index in [0.29, 0.717) is 22.4 Å². The molecule has 0 aliphatic carbocycles. The second kappa shape index (κ2) is 12.0. The van der Waals surface area contributed by atoms with E-state index in [4.69, 9.17) is 5.73 Å². The van der Waals surface area contributed by atoms with Crippen LogP contribution >= 0.6 is 0 Å². The third-order valence-corrected chi connectivity index (χ3v) is 6.90. The summed E-state index contributed by atoms with van der Waals surface area (Å²) in [7, 11) is 0. The SMILES string of the molecule is NC(=O)c1cc(-c2cccnc2[C@@H](CNC(=O)Cn2nc(C(F)(F)F)c3ccccc32)Cc2cccc(F)c2)ccc1F. The van der Waals surface area contributed by atoms with Gasteiger partial charge in [-0.1, -0.05) is 42.5 Å². The summed E-state index contributed by atoms with van der Waals surface area (Å²) in [5.41, 5.74) is 6.10. The summed E-state index contributed by atoms with van der Waals surface area (Å²) >= 11 is 0. The standard InChI is InChI=1S/C31H24F5N5O2/c32-21-6-3-5-18(14-21)13-20(28-22(8-4-12-38-28)19-10-11-25(33)24(15-19)30(37)43)16-39-27(42)17-41-26-9-2-1-7-23(26)29(40-41)31(34,35)36/h1-12,14-15,20H,13,16-17H2,(H2,37,43)(H,39,42)/t20-/m1/s1. The number of para-hydroxylation sites is 1. The van der Waals surface area contributed by atoms with Crippen LogP contribution in [0.15, 0.2) is 85.1 Å². The van der Waals surface area contributed by atoms with E-state index in [2.05, 4.69) is 15.4 Å². The zero-order valence-electron chi connectivity index (χ0n) is 22.4. The zero-order valence-corrected chi connectivity index (χ0v) is 22.4. The number of carbonyl (C=O) groups excluding carboxylic acids is 2. The van der Waals surface area contributed by atoms with Gasteiger partial charge in [-0.15, -0.1) is 0 Å². The number of amides is 2. The minimum atomic E-state index is -4.71. The number of hydrogen-bond donors (Lipinski definition) is 2. The van der Waals surface area contributed by atoms with Crippen LogP contribution in [0.2, 0.25) is 0 Å². The second-order valence-corrected chi connectivity index (χ2v) is 9.85. The molecule has 0 aliphatic rings. The first-order valence-electron chi connectivity index (χ1n) is 13.1. The highest BCUT2D eigenvalue weighted by atomic mass is 19.4. The number of halogens is 5. The summed E-state index contributed by atoms with van der Waals surface area (Å²) in [5, 5.41) is 6.28. The Bertz CT molecular complexity index is 1820. The quantitative estimate of drug-likeness (QED) is 0.216. The molecule has 0 saturated carbocycles. The molecule has 2 heterocycles. The van der Waals surface area contributed by atoms with Gasteiger partial charge in [0.2, 0.25) is 5.91 Å². The number of fused-ring (bicyclic) bond motifs is 1. The van der Waals surface area contributed by atoms with Gasteiger partial charge in [-0.3, -0.25) is 19.3 Å². The number of primary amides is 1. The second-order valence-electron chi connectivity index (χ2n) is 9.85. The Balaban J connectivity index is 1.45. The number of benzene rings is 3. The first-order valence-corrected chi connectivity index (χ1v) is 13.1. The fourth-order valence-corrected chi connectivity index (χ4v) is 4.97. The number of pyridine rings is 1. The van der Waals surface area contributed by atoms with Gasteiger partial charge in [-0.2, -0.15) is 18.3 Å². The Hall–Kier alpha value is -5.13. The molecule has 1 atom stereocenters. The summed E-state index contributed by atoms with van der Waals surface area (Å²) < 4.78 is 69.9. The summed E-state index contributed by atoms with van der Waals surface area (Å²) in [4.78, 5) is 29.3. The minimum absolute atomic E-state index is 0.0332. The minimum Gasteiger partial charge on any atom is -0.366 e. The van der Waals surface area contributed by atoms with Crippen LogP contribution in [-0.4, -0.2) is 33.1 Å². The highest BCUT2D eigenvalue weighted by Crippen LogP contribution is 2.34. The van der Waals surface area contributed by atoms with Crippen molar-refractivity contribution in [1.82, 2.24) is 20.1 Å². The number of rotatable bonds is 9. The first-order chi connectivity index (χ1) is 20.5. The van der Waals surface area contributed by atoms with Crippen molar-refractivity contribution in [3.8, 4) is 11.1 Å². The molecule has 0 unspecified atom stereocenters. The van der Waals surface area contributed by atoms with Gasteiger partial charge in [0, 0.05) is 29.6 Å². The topological polar surface area (TPSA) is 103 Å². The molecule has 5 rings (SSSR count). The molecule has 0 bridgehead atoms. The maximum Gasteiger partial charge on any atom is 0.435 e. The van der Waals surface area contributed by atoms with Crippen molar-refractivity contribution in [3.63, 3.8) is 0 Å². The molecule has 220 valence electrons. The lowest BCUT2D eigenvalue weighted by molar-refractivity contribution is -0.140. The van der Waals surface area contributed by atoms with E-state index < -0.39 is 47.8 Å². The van der Waals surface area contributed by atoms with Crippen LogP contribution < -0.4 is 11.1 Å². The third-order valence-electron chi connectivity index (χ3n) is 6.90. The van der Waals surface area contributed by atoms with Crippen molar-refractivity contribution in [2.45, 2.75) is 25.1 Å². The molecule has 5 aromatic rings. The van der Waals surface area contributed by atoms with Crippen LogP contribution in [0.25, 0.3) is 22.0 Å². The number of hydrogen-bond acceptors (Lipinski definition) is 4. The molecule has 2 amide bonds. The highest BCUT2D eigenvalue weighted by molar-refractivity contribution is 5.94. The van der Waals surface area contributed by atoms with E-state index in [9.17, 15) is 31.5 Å². The number of nitrogens with two attached hydrogens (primary N) is 1. The van der Waals surface area contributed by atoms with Gasteiger partial charge in [0.1, 0.15) is 18.2 Å². The Kier molecular flexibility index (Phi) is 8.20. The number of aromatic nitrogens is 3. The molecular formula is C31H24F5N5O2. The molecule has 2 aromatic heterocycles. The summed E-state index contributed by atoms with van der Waals surface area (Å²) in [6.07, 6.45) is -2.97. The fourth-order valence-electron chi connectivity index (χ4n) is 4.97. The lowest BCUT2D eigenvalue weighted by Crippen LogP contribution is -2.33. The largest absolute Gasteiger partial charge is 0.435 e. The van der Waals surface area contributed by atoms with E-state index in [1.54, 1.807) is 30.3 Å². The van der Waals surface area contributed by atoms with Crippen LogP contribution in [-0.2, 0) is 23.9 Å². The molecule has 0 spiro atoms. The monoisotopic (exact) mass is 593 g/mol. The number of alkyl halides is 3. The van der Waals surface area contributed by atoms with Gasteiger partial charge in [0.15, 0.2) is 5.69 Å².